The zero-order valence-corrected chi connectivity index (χ0v) is 17.1. The lowest BCUT2D eigenvalue weighted by Gasteiger charge is -2.44. The third kappa shape index (κ3) is 5.07. The molecular formula is C17H27N3O5S2. The standard InChI is InChI=1S/C17H27N3O5S2/c1-27(23,24)19-6-5-18-16(22)15-12-13-14(26-15)2-11-25-17(13)3-7-20(8-4-17)9-10-21/h12,19,21H,2-11H2,1H3,(H,18,22). The molecule has 0 atom stereocenters. The van der Waals surface area contributed by atoms with Crippen molar-refractivity contribution in [1.29, 1.82) is 0 Å². The average molecular weight is 418 g/mol. The van der Waals surface area contributed by atoms with Crippen LogP contribution in [0.5, 0.6) is 0 Å². The van der Waals surface area contributed by atoms with Crippen molar-refractivity contribution in [2.24, 2.45) is 0 Å². The van der Waals surface area contributed by atoms with Crippen LogP contribution < -0.4 is 10.0 Å². The average Bonchev–Trinajstić information content (AvgIpc) is 3.06. The van der Waals surface area contributed by atoms with Crippen LogP contribution >= 0.6 is 11.3 Å². The lowest BCUT2D eigenvalue weighted by atomic mass is 9.82. The number of rotatable bonds is 7. The normalized spacial score (nSPS) is 19.8. The van der Waals surface area contributed by atoms with E-state index in [2.05, 4.69) is 14.9 Å². The zero-order chi connectivity index (χ0) is 19.5. The molecule has 1 saturated heterocycles. The third-order valence-electron chi connectivity index (χ3n) is 5.09. The lowest BCUT2D eigenvalue weighted by molar-refractivity contribution is -0.0979. The number of carbonyl (C=O) groups is 1. The number of hydrogen-bond donors (Lipinski definition) is 3. The maximum absolute atomic E-state index is 12.4. The van der Waals surface area contributed by atoms with E-state index in [1.807, 2.05) is 6.07 Å². The number of fused-ring (bicyclic) bond motifs is 2. The van der Waals surface area contributed by atoms with Crippen LogP contribution in [0.2, 0.25) is 0 Å². The number of β-amino-alcohol motifs (C(OH)–C–C–N with tert-alkyl or cyclic N) is 1. The summed E-state index contributed by atoms with van der Waals surface area (Å²) >= 11 is 1.50. The van der Waals surface area contributed by atoms with Crippen molar-refractivity contribution in [2.45, 2.75) is 24.9 Å². The highest BCUT2D eigenvalue weighted by atomic mass is 32.2. The van der Waals surface area contributed by atoms with E-state index < -0.39 is 10.0 Å². The first kappa shape index (κ1) is 20.7. The molecule has 3 rings (SSSR count). The van der Waals surface area contributed by atoms with Crippen molar-refractivity contribution in [2.75, 3.05) is 52.2 Å². The lowest BCUT2D eigenvalue weighted by Crippen LogP contribution is -2.46. The van der Waals surface area contributed by atoms with E-state index in [0.29, 0.717) is 18.0 Å². The summed E-state index contributed by atoms with van der Waals surface area (Å²) in [7, 11) is -3.25. The molecule has 2 aliphatic heterocycles. The number of ether oxygens (including phenoxy) is 1. The van der Waals surface area contributed by atoms with E-state index in [1.54, 1.807) is 0 Å². The number of carbonyl (C=O) groups excluding carboxylic acids is 1. The van der Waals surface area contributed by atoms with Gasteiger partial charge < -0.3 is 20.1 Å². The fourth-order valence-corrected chi connectivity index (χ4v) is 5.34. The number of hydrogen-bond acceptors (Lipinski definition) is 7. The van der Waals surface area contributed by atoms with Crippen molar-refractivity contribution < 1.29 is 23.1 Å². The topological polar surface area (TPSA) is 108 Å². The molecule has 0 radical (unpaired) electrons. The molecule has 0 unspecified atom stereocenters. The Bertz CT molecular complexity index is 770. The summed E-state index contributed by atoms with van der Waals surface area (Å²) in [6.07, 6.45) is 3.62. The van der Waals surface area contributed by atoms with E-state index in [1.165, 1.54) is 16.2 Å². The SMILES string of the molecule is CS(=O)(=O)NCCNC(=O)c1cc2c(s1)CCOC21CCN(CCO)CC1. The molecule has 1 aromatic heterocycles. The fourth-order valence-electron chi connectivity index (χ4n) is 3.72. The van der Waals surface area contributed by atoms with E-state index in [-0.39, 0.29) is 31.2 Å². The predicted molar refractivity (Wildman–Crippen MR) is 104 cm³/mol. The van der Waals surface area contributed by atoms with Gasteiger partial charge in [-0.05, 0) is 24.5 Å². The van der Waals surface area contributed by atoms with Crippen LogP contribution in [0.4, 0.5) is 0 Å². The summed E-state index contributed by atoms with van der Waals surface area (Å²) in [6, 6.07) is 1.94. The van der Waals surface area contributed by atoms with Crippen LogP contribution in [-0.2, 0) is 26.8 Å². The van der Waals surface area contributed by atoms with Crippen LogP contribution in [0.25, 0.3) is 0 Å². The van der Waals surface area contributed by atoms with Crippen molar-refractivity contribution in [3.8, 4) is 0 Å². The van der Waals surface area contributed by atoms with Gasteiger partial charge in [0.15, 0.2) is 0 Å². The van der Waals surface area contributed by atoms with Gasteiger partial charge in [-0.15, -0.1) is 11.3 Å². The quantitative estimate of drug-likeness (QED) is 0.534. The maximum atomic E-state index is 12.4. The minimum atomic E-state index is -3.25. The Labute approximate surface area is 163 Å². The molecule has 1 fully saturated rings. The van der Waals surface area contributed by atoms with Gasteiger partial charge in [-0.1, -0.05) is 0 Å². The molecule has 0 saturated carbocycles. The molecule has 2 aliphatic rings. The molecule has 0 bridgehead atoms. The first-order chi connectivity index (χ1) is 12.8. The van der Waals surface area contributed by atoms with Crippen LogP contribution in [0.3, 0.4) is 0 Å². The van der Waals surface area contributed by atoms with Crippen LogP contribution in [-0.4, -0.2) is 76.5 Å². The Kier molecular flexibility index (Phi) is 6.54. The first-order valence-electron chi connectivity index (χ1n) is 9.16. The van der Waals surface area contributed by atoms with E-state index >= 15 is 0 Å². The molecule has 8 nitrogen and oxygen atoms in total. The molecule has 3 N–H and O–H groups in total. The Morgan fingerprint density at radius 1 is 1.37 bits per heavy atom. The number of nitrogens with zero attached hydrogens (tertiary/aromatic N) is 1. The summed E-state index contributed by atoms with van der Waals surface area (Å²) in [6.45, 7) is 3.66. The molecule has 152 valence electrons. The monoisotopic (exact) mass is 417 g/mol. The number of thiophene rings is 1. The number of piperidine rings is 1. The first-order valence-corrected chi connectivity index (χ1v) is 11.9. The molecule has 1 spiro atoms. The summed E-state index contributed by atoms with van der Waals surface area (Å²) in [5.74, 6) is -0.183. The maximum Gasteiger partial charge on any atom is 0.261 e. The zero-order valence-electron chi connectivity index (χ0n) is 15.5. The highest BCUT2D eigenvalue weighted by Gasteiger charge is 2.42. The second-order valence-electron chi connectivity index (χ2n) is 7.03. The second kappa shape index (κ2) is 8.54. The summed E-state index contributed by atoms with van der Waals surface area (Å²) in [5, 5.41) is 11.9. The van der Waals surface area contributed by atoms with Gasteiger partial charge in [-0.3, -0.25) is 4.79 Å². The van der Waals surface area contributed by atoms with Gasteiger partial charge >= 0.3 is 0 Å². The molecule has 27 heavy (non-hydrogen) atoms. The number of aliphatic hydroxyl groups is 1. The fraction of sp³-hybridized carbons (Fsp3) is 0.706. The largest absolute Gasteiger partial charge is 0.395 e. The molecule has 3 heterocycles. The van der Waals surface area contributed by atoms with Gasteiger partial charge in [0, 0.05) is 44.0 Å². The minimum absolute atomic E-state index is 0.163. The van der Waals surface area contributed by atoms with E-state index in [9.17, 15) is 13.2 Å². The molecule has 0 aromatic carbocycles. The summed E-state index contributed by atoms with van der Waals surface area (Å²) in [5.41, 5.74) is 0.800. The van der Waals surface area contributed by atoms with Gasteiger partial charge in [0.05, 0.1) is 29.9 Å². The van der Waals surface area contributed by atoms with Crippen LogP contribution in [0.1, 0.15) is 33.0 Å². The van der Waals surface area contributed by atoms with Crippen molar-refractivity contribution in [3.05, 3.63) is 21.4 Å². The molecule has 1 aromatic rings. The van der Waals surface area contributed by atoms with E-state index in [4.69, 9.17) is 9.84 Å². The number of amides is 1. The smallest absolute Gasteiger partial charge is 0.261 e. The number of aliphatic hydroxyl groups excluding tert-OH is 1. The van der Waals surface area contributed by atoms with Gasteiger partial charge in [0.2, 0.25) is 10.0 Å². The molecule has 1 amide bonds. The van der Waals surface area contributed by atoms with Crippen molar-refractivity contribution in [1.82, 2.24) is 14.9 Å². The van der Waals surface area contributed by atoms with Crippen LogP contribution in [0, 0.1) is 0 Å². The Morgan fingerprint density at radius 3 is 2.78 bits per heavy atom. The van der Waals surface area contributed by atoms with E-state index in [0.717, 1.165) is 44.2 Å². The Balaban J connectivity index is 1.64. The van der Waals surface area contributed by atoms with Gasteiger partial charge in [0.1, 0.15) is 0 Å². The van der Waals surface area contributed by atoms with Gasteiger partial charge in [-0.2, -0.15) is 0 Å². The van der Waals surface area contributed by atoms with Crippen molar-refractivity contribution in [3.63, 3.8) is 0 Å². The molecule has 10 heteroatoms. The highest BCUT2D eigenvalue weighted by molar-refractivity contribution is 7.88. The molecular weight excluding hydrogens is 390 g/mol. The van der Waals surface area contributed by atoms with Crippen molar-refractivity contribution >= 4 is 27.3 Å². The number of likely N-dealkylation sites (tertiary alicyclic amines) is 1. The summed E-state index contributed by atoms with van der Waals surface area (Å²) < 4.78 is 30.7. The predicted octanol–water partition coefficient (Wildman–Crippen LogP) is -0.117. The molecule has 0 aliphatic carbocycles. The number of sulfonamides is 1. The Morgan fingerprint density at radius 2 is 2.11 bits per heavy atom. The highest BCUT2D eigenvalue weighted by Crippen LogP contribution is 2.44. The summed E-state index contributed by atoms with van der Waals surface area (Å²) in [4.78, 5) is 16.5. The third-order valence-corrected chi connectivity index (χ3v) is 7.01. The van der Waals surface area contributed by atoms with Crippen LogP contribution in [0.15, 0.2) is 6.07 Å². The Hall–Kier alpha value is -1.04. The van der Waals surface area contributed by atoms with Gasteiger partial charge in [-0.25, -0.2) is 13.1 Å². The van der Waals surface area contributed by atoms with Gasteiger partial charge in [0.25, 0.3) is 5.91 Å². The second-order valence-corrected chi connectivity index (χ2v) is 10.00. The minimum Gasteiger partial charge on any atom is -0.395 e. The number of nitrogens with one attached hydrogen (secondary N) is 2.